The van der Waals surface area contributed by atoms with Crippen molar-refractivity contribution in [3.63, 3.8) is 0 Å². The van der Waals surface area contributed by atoms with Gasteiger partial charge in [-0.1, -0.05) is 12.5 Å². The van der Waals surface area contributed by atoms with Crippen molar-refractivity contribution < 1.29 is 17.9 Å². The number of ether oxygens (including phenoxy) is 1. The van der Waals surface area contributed by atoms with Gasteiger partial charge in [0.2, 0.25) is 5.91 Å². The van der Waals surface area contributed by atoms with E-state index in [1.807, 2.05) is 36.2 Å². The highest BCUT2D eigenvalue weighted by Crippen LogP contribution is 2.23. The Hall–Kier alpha value is -2.52. The van der Waals surface area contributed by atoms with Crippen LogP contribution in [-0.2, 0) is 14.8 Å². The minimum atomic E-state index is -3.85. The lowest BCUT2D eigenvalue weighted by Crippen LogP contribution is -2.26. The number of hydrogen-bond acceptors (Lipinski definition) is 5. The highest BCUT2D eigenvalue weighted by Gasteiger charge is 2.19. The van der Waals surface area contributed by atoms with E-state index in [0.717, 1.165) is 36.5 Å². The first-order valence-corrected chi connectivity index (χ1v) is 12.5. The predicted molar refractivity (Wildman–Crippen MR) is 125 cm³/mol. The molecular formula is C22H27N3O4S2. The first-order chi connectivity index (χ1) is 14.9. The molecule has 1 aliphatic rings. The summed E-state index contributed by atoms with van der Waals surface area (Å²) < 4.78 is 34.8. The van der Waals surface area contributed by atoms with E-state index < -0.39 is 10.0 Å². The molecule has 1 amide bonds. The summed E-state index contributed by atoms with van der Waals surface area (Å²) in [6.07, 6.45) is 3.68. The molecule has 0 aliphatic carbocycles. The Bertz CT molecular complexity index is 1040. The molecule has 0 unspecified atom stereocenters. The number of likely N-dealkylation sites (tertiary alicyclic amines) is 1. The zero-order valence-electron chi connectivity index (χ0n) is 17.7. The van der Waals surface area contributed by atoms with E-state index in [-0.39, 0.29) is 16.6 Å². The van der Waals surface area contributed by atoms with Crippen LogP contribution in [0.15, 0.2) is 62.7 Å². The van der Waals surface area contributed by atoms with E-state index in [2.05, 4.69) is 9.71 Å². The monoisotopic (exact) mass is 461 g/mol. The molecule has 31 heavy (non-hydrogen) atoms. The number of nitrogens with one attached hydrogen (secondary N) is 1. The Balaban J connectivity index is 1.65. The number of carbonyl (C=O) groups is 1. The highest BCUT2D eigenvalue weighted by molar-refractivity contribution is 8.00. The van der Waals surface area contributed by atoms with Gasteiger partial charge in [-0.05, 0) is 55.3 Å². The van der Waals surface area contributed by atoms with Crippen LogP contribution in [0.4, 0.5) is 5.69 Å². The lowest BCUT2D eigenvalue weighted by atomic mass is 10.2. The molecule has 1 aliphatic heterocycles. The van der Waals surface area contributed by atoms with E-state index in [0.29, 0.717) is 17.9 Å². The minimum Gasteiger partial charge on any atom is -0.497 e. The summed E-state index contributed by atoms with van der Waals surface area (Å²) in [7, 11) is -0.378. The van der Waals surface area contributed by atoms with Crippen molar-refractivity contribution in [3.05, 3.63) is 48.5 Å². The fraction of sp³-hybridized carbons (Fsp3) is 0.364. The van der Waals surface area contributed by atoms with Crippen molar-refractivity contribution in [2.24, 2.45) is 4.40 Å². The fourth-order valence-corrected chi connectivity index (χ4v) is 5.03. The number of hydrogen-bond donors (Lipinski definition) is 1. The lowest BCUT2D eigenvalue weighted by molar-refractivity contribution is -0.113. The predicted octanol–water partition coefficient (Wildman–Crippen LogP) is 4.02. The fourth-order valence-electron chi connectivity index (χ4n) is 3.19. The van der Waals surface area contributed by atoms with Gasteiger partial charge in [0.25, 0.3) is 10.0 Å². The quantitative estimate of drug-likeness (QED) is 0.627. The van der Waals surface area contributed by atoms with Crippen LogP contribution in [0.2, 0.25) is 0 Å². The molecular weight excluding hydrogens is 434 g/mol. The minimum absolute atomic E-state index is 0.0678. The van der Waals surface area contributed by atoms with Crippen LogP contribution in [0.3, 0.4) is 0 Å². The number of carbonyl (C=O) groups excluding carboxylic acids is 1. The molecule has 1 N–H and O–H groups in total. The van der Waals surface area contributed by atoms with Crippen LogP contribution < -0.4 is 10.1 Å². The first-order valence-electron chi connectivity index (χ1n) is 10.1. The number of thioether (sulfide) groups is 1. The topological polar surface area (TPSA) is 88.1 Å². The van der Waals surface area contributed by atoms with Crippen molar-refractivity contribution in [1.29, 1.82) is 0 Å². The summed E-state index contributed by atoms with van der Waals surface area (Å²) in [5.41, 5.74) is 0.427. The Morgan fingerprint density at radius 2 is 1.94 bits per heavy atom. The van der Waals surface area contributed by atoms with E-state index in [1.165, 1.54) is 23.9 Å². The van der Waals surface area contributed by atoms with Gasteiger partial charge >= 0.3 is 0 Å². The Labute approximate surface area is 187 Å². The van der Waals surface area contributed by atoms with Gasteiger partial charge in [-0.25, -0.2) is 0 Å². The molecule has 1 saturated heterocycles. The number of sulfonamides is 1. The molecule has 1 fully saturated rings. The first kappa shape index (κ1) is 23.1. The molecule has 0 aromatic heterocycles. The third kappa shape index (κ3) is 6.73. The number of anilines is 1. The number of rotatable bonds is 7. The molecule has 166 valence electrons. The molecule has 2 aromatic rings. The third-order valence-corrected chi connectivity index (χ3v) is 7.22. The summed E-state index contributed by atoms with van der Waals surface area (Å²) >= 11 is 1.39. The van der Waals surface area contributed by atoms with Gasteiger partial charge in [-0.15, -0.1) is 16.2 Å². The van der Waals surface area contributed by atoms with Gasteiger partial charge in [0, 0.05) is 30.6 Å². The summed E-state index contributed by atoms with van der Waals surface area (Å²) in [6, 6.07) is 13.7. The number of benzene rings is 2. The van der Waals surface area contributed by atoms with Gasteiger partial charge in [0.15, 0.2) is 0 Å². The number of amides is 1. The third-order valence-electron chi connectivity index (χ3n) is 4.91. The van der Waals surface area contributed by atoms with Crippen molar-refractivity contribution in [1.82, 2.24) is 4.90 Å². The van der Waals surface area contributed by atoms with Gasteiger partial charge in [-0.3, -0.25) is 4.79 Å². The maximum Gasteiger partial charge on any atom is 0.284 e. The Morgan fingerprint density at radius 3 is 2.68 bits per heavy atom. The second-order valence-electron chi connectivity index (χ2n) is 7.26. The SMILES string of the molecule is COc1ccc(SCC(=O)Nc2cccc(S(=O)(=O)/N=C3/CCCCCN3C)c2)cc1. The summed E-state index contributed by atoms with van der Waals surface area (Å²) in [6.45, 7) is 0.802. The zero-order valence-corrected chi connectivity index (χ0v) is 19.3. The van der Waals surface area contributed by atoms with Crippen molar-refractivity contribution in [3.8, 4) is 5.75 Å². The van der Waals surface area contributed by atoms with Crippen molar-refractivity contribution in [2.45, 2.75) is 35.5 Å². The molecule has 2 aromatic carbocycles. The smallest absolute Gasteiger partial charge is 0.284 e. The number of methoxy groups -OCH3 is 1. The van der Waals surface area contributed by atoms with E-state index >= 15 is 0 Å². The van der Waals surface area contributed by atoms with E-state index in [1.54, 1.807) is 19.2 Å². The lowest BCUT2D eigenvalue weighted by Gasteiger charge is -2.17. The Morgan fingerprint density at radius 1 is 1.16 bits per heavy atom. The molecule has 0 spiro atoms. The maximum atomic E-state index is 12.8. The average molecular weight is 462 g/mol. The molecule has 0 radical (unpaired) electrons. The number of nitrogens with zero attached hydrogens (tertiary/aromatic N) is 2. The highest BCUT2D eigenvalue weighted by atomic mass is 32.2. The van der Waals surface area contributed by atoms with Gasteiger partial charge in [0.1, 0.15) is 11.6 Å². The maximum absolute atomic E-state index is 12.8. The van der Waals surface area contributed by atoms with E-state index in [9.17, 15) is 13.2 Å². The molecule has 3 rings (SSSR count). The standard InChI is InChI=1S/C22H27N3O4S2/c1-25-14-5-3-4-9-21(25)24-31(27,28)20-8-6-7-17(15-20)23-22(26)16-30-19-12-10-18(29-2)11-13-19/h6-8,10-13,15H,3-5,9,14,16H2,1-2H3,(H,23,26)/b24-21-. The van der Waals surface area contributed by atoms with Gasteiger partial charge in [-0.2, -0.15) is 8.42 Å². The Kier molecular flexibility index (Phi) is 7.97. The molecule has 0 atom stereocenters. The van der Waals surface area contributed by atoms with Crippen molar-refractivity contribution >= 4 is 39.2 Å². The summed E-state index contributed by atoms with van der Waals surface area (Å²) in [4.78, 5) is 15.2. The average Bonchev–Trinajstić information content (AvgIpc) is 2.96. The second kappa shape index (κ2) is 10.7. The molecule has 0 bridgehead atoms. The van der Waals surface area contributed by atoms with Crippen LogP contribution >= 0.6 is 11.8 Å². The normalized spacial score (nSPS) is 16.1. The van der Waals surface area contributed by atoms with Crippen molar-refractivity contribution in [2.75, 3.05) is 31.8 Å². The molecule has 9 heteroatoms. The van der Waals surface area contributed by atoms with Crippen LogP contribution in [0.1, 0.15) is 25.7 Å². The number of amidine groups is 1. The summed E-state index contributed by atoms with van der Waals surface area (Å²) in [5.74, 6) is 1.33. The molecule has 7 nitrogen and oxygen atoms in total. The molecule has 0 saturated carbocycles. The second-order valence-corrected chi connectivity index (χ2v) is 9.91. The van der Waals surface area contributed by atoms with Crippen LogP contribution in [0.25, 0.3) is 0 Å². The van der Waals surface area contributed by atoms with Crippen LogP contribution in [0.5, 0.6) is 5.75 Å². The van der Waals surface area contributed by atoms with Gasteiger partial charge < -0.3 is 15.0 Å². The summed E-state index contributed by atoms with van der Waals surface area (Å²) in [5, 5.41) is 2.76. The largest absolute Gasteiger partial charge is 0.497 e. The van der Waals surface area contributed by atoms with E-state index in [4.69, 9.17) is 4.74 Å². The van der Waals surface area contributed by atoms with Crippen LogP contribution in [0, 0.1) is 0 Å². The molecule has 1 heterocycles. The zero-order chi connectivity index (χ0) is 22.3. The van der Waals surface area contributed by atoms with Gasteiger partial charge in [0.05, 0.1) is 17.8 Å². The van der Waals surface area contributed by atoms with Crippen LogP contribution in [-0.4, -0.2) is 51.5 Å².